The molecule has 0 fully saturated rings. The van der Waals surface area contributed by atoms with Gasteiger partial charge in [0.25, 0.3) is 0 Å². The summed E-state index contributed by atoms with van der Waals surface area (Å²) < 4.78 is 26.8. The predicted molar refractivity (Wildman–Crippen MR) is 116 cm³/mol. The van der Waals surface area contributed by atoms with Crippen LogP contribution in [0.3, 0.4) is 0 Å². The first-order chi connectivity index (χ1) is 13.7. The molecular formula is C21H22BrN3O3S. The second kappa shape index (κ2) is 8.51. The highest BCUT2D eigenvalue weighted by Crippen LogP contribution is 2.26. The van der Waals surface area contributed by atoms with Gasteiger partial charge in [0.15, 0.2) is 9.84 Å². The van der Waals surface area contributed by atoms with Crippen LogP contribution in [0, 0.1) is 0 Å². The fraction of sp³-hybridized carbons (Fsp3) is 0.238. The zero-order chi connectivity index (χ0) is 21.1. The van der Waals surface area contributed by atoms with Gasteiger partial charge < -0.3 is 5.32 Å². The molecule has 1 heterocycles. The van der Waals surface area contributed by atoms with Gasteiger partial charge in [-0.2, -0.15) is 5.10 Å². The number of sulfone groups is 1. The number of rotatable bonds is 7. The second-order valence-corrected chi connectivity index (χ2v) is 10.5. The van der Waals surface area contributed by atoms with E-state index in [1.807, 2.05) is 36.5 Å². The van der Waals surface area contributed by atoms with Crippen LogP contribution in [0.4, 0.5) is 0 Å². The Bertz CT molecular complexity index is 1080. The van der Waals surface area contributed by atoms with E-state index in [4.69, 9.17) is 0 Å². The Morgan fingerprint density at radius 3 is 2.34 bits per heavy atom. The summed E-state index contributed by atoms with van der Waals surface area (Å²) >= 11 is 3.28. The third kappa shape index (κ3) is 4.59. The number of hydrogen-bond acceptors (Lipinski definition) is 4. The van der Waals surface area contributed by atoms with Crippen LogP contribution in [0.5, 0.6) is 0 Å². The third-order valence-corrected chi connectivity index (χ3v) is 7.70. The lowest BCUT2D eigenvalue weighted by molar-refractivity contribution is -0.122. The maximum Gasteiger partial charge on any atom is 0.241 e. The normalized spacial score (nSPS) is 12.0. The summed E-state index contributed by atoms with van der Waals surface area (Å²) in [6, 6.07) is 16.0. The number of nitrogens with zero attached hydrogens (tertiary/aromatic N) is 2. The molecule has 0 saturated carbocycles. The van der Waals surface area contributed by atoms with E-state index in [1.165, 1.54) is 26.0 Å². The van der Waals surface area contributed by atoms with Gasteiger partial charge in [-0.1, -0.05) is 28.1 Å². The van der Waals surface area contributed by atoms with Crippen molar-refractivity contribution in [2.75, 3.05) is 6.54 Å². The lowest BCUT2D eigenvalue weighted by atomic mass is 10.1. The van der Waals surface area contributed by atoms with E-state index in [0.29, 0.717) is 13.0 Å². The second-order valence-electron chi connectivity index (χ2n) is 7.09. The minimum atomic E-state index is -3.82. The zero-order valence-electron chi connectivity index (χ0n) is 16.2. The van der Waals surface area contributed by atoms with Gasteiger partial charge >= 0.3 is 0 Å². The van der Waals surface area contributed by atoms with Gasteiger partial charge in [0, 0.05) is 23.4 Å². The van der Waals surface area contributed by atoms with Gasteiger partial charge in [-0.25, -0.2) is 13.1 Å². The number of aromatic nitrogens is 2. The molecule has 0 aliphatic heterocycles. The van der Waals surface area contributed by atoms with Crippen molar-refractivity contribution in [3.05, 3.63) is 77.0 Å². The first-order valence-electron chi connectivity index (χ1n) is 9.09. The summed E-state index contributed by atoms with van der Waals surface area (Å²) in [5.74, 6) is -0.520. The van der Waals surface area contributed by atoms with Crippen molar-refractivity contribution < 1.29 is 13.2 Å². The number of amides is 1. The molecular weight excluding hydrogens is 454 g/mol. The molecule has 2 aromatic carbocycles. The van der Waals surface area contributed by atoms with Crippen LogP contribution in [-0.4, -0.2) is 35.4 Å². The van der Waals surface area contributed by atoms with E-state index >= 15 is 0 Å². The van der Waals surface area contributed by atoms with E-state index in [1.54, 1.807) is 23.0 Å². The molecule has 152 valence electrons. The summed E-state index contributed by atoms with van der Waals surface area (Å²) in [4.78, 5) is 12.8. The molecule has 1 N–H and O–H groups in total. The zero-order valence-corrected chi connectivity index (χ0v) is 18.6. The smallest absolute Gasteiger partial charge is 0.241 e. The molecule has 1 aromatic heterocycles. The van der Waals surface area contributed by atoms with Crippen molar-refractivity contribution in [2.45, 2.75) is 29.9 Å². The first kappa shape index (κ1) is 21.3. The van der Waals surface area contributed by atoms with Crippen LogP contribution in [0.1, 0.15) is 19.4 Å². The lowest BCUT2D eigenvalue weighted by Crippen LogP contribution is -2.48. The van der Waals surface area contributed by atoms with Crippen LogP contribution in [0.2, 0.25) is 0 Å². The van der Waals surface area contributed by atoms with E-state index in [2.05, 4.69) is 26.3 Å². The van der Waals surface area contributed by atoms with Crippen molar-refractivity contribution in [1.82, 2.24) is 15.1 Å². The molecule has 1 amide bonds. The topological polar surface area (TPSA) is 81.1 Å². The van der Waals surface area contributed by atoms with Crippen LogP contribution < -0.4 is 5.32 Å². The number of carbonyl (C=O) groups excluding carboxylic acids is 1. The Morgan fingerprint density at radius 1 is 1.10 bits per heavy atom. The Kier molecular flexibility index (Phi) is 6.24. The molecule has 0 spiro atoms. The highest BCUT2D eigenvalue weighted by atomic mass is 79.9. The van der Waals surface area contributed by atoms with E-state index < -0.39 is 20.5 Å². The number of halogens is 1. The predicted octanol–water partition coefficient (Wildman–Crippen LogP) is 3.55. The molecule has 8 heteroatoms. The van der Waals surface area contributed by atoms with E-state index in [-0.39, 0.29) is 4.90 Å². The Hall–Kier alpha value is -2.45. The Balaban J connectivity index is 1.61. The van der Waals surface area contributed by atoms with Gasteiger partial charge in [-0.05, 0) is 68.3 Å². The minimum Gasteiger partial charge on any atom is -0.354 e. The maximum atomic E-state index is 12.9. The Labute approximate surface area is 179 Å². The van der Waals surface area contributed by atoms with E-state index in [9.17, 15) is 13.2 Å². The summed E-state index contributed by atoms with van der Waals surface area (Å²) in [5.41, 5.74) is 1.99. The van der Waals surface area contributed by atoms with Crippen LogP contribution in [-0.2, 0) is 21.1 Å². The maximum absolute atomic E-state index is 12.9. The minimum absolute atomic E-state index is 0.120. The fourth-order valence-corrected chi connectivity index (χ4v) is 4.46. The standard InChI is InChI=1S/C21H22BrN3O3S/c1-21(2,29(27,28)19-10-6-17(22)7-11-19)20(26)23-14-12-16-4-8-18(9-5-16)25-15-3-13-24-25/h3-11,13,15H,12,14H2,1-2H3,(H,23,26). The fourth-order valence-electron chi connectivity index (χ4n) is 2.80. The summed E-state index contributed by atoms with van der Waals surface area (Å²) in [6.07, 6.45) is 4.18. The van der Waals surface area contributed by atoms with Gasteiger partial charge in [0.1, 0.15) is 4.75 Å². The number of nitrogens with one attached hydrogen (secondary N) is 1. The van der Waals surface area contributed by atoms with Crippen molar-refractivity contribution in [2.24, 2.45) is 0 Å². The average Bonchev–Trinajstić information content (AvgIpc) is 3.23. The quantitative estimate of drug-likeness (QED) is 0.566. The van der Waals surface area contributed by atoms with Gasteiger partial charge in [-0.15, -0.1) is 0 Å². The van der Waals surface area contributed by atoms with Crippen LogP contribution in [0.25, 0.3) is 5.69 Å². The largest absolute Gasteiger partial charge is 0.354 e. The average molecular weight is 476 g/mol. The Morgan fingerprint density at radius 2 is 1.76 bits per heavy atom. The van der Waals surface area contributed by atoms with Crippen molar-refractivity contribution in [1.29, 1.82) is 0 Å². The summed E-state index contributed by atoms with van der Waals surface area (Å²) in [5, 5.41) is 6.94. The van der Waals surface area contributed by atoms with Gasteiger partial charge in [0.2, 0.25) is 5.91 Å². The molecule has 0 atom stereocenters. The van der Waals surface area contributed by atoms with Crippen molar-refractivity contribution >= 4 is 31.7 Å². The molecule has 0 unspecified atom stereocenters. The van der Waals surface area contributed by atoms with E-state index in [0.717, 1.165) is 15.7 Å². The first-order valence-corrected chi connectivity index (χ1v) is 11.4. The van der Waals surface area contributed by atoms with Crippen LogP contribution >= 0.6 is 15.9 Å². The van der Waals surface area contributed by atoms with Crippen LogP contribution in [0.15, 0.2) is 76.4 Å². The summed E-state index contributed by atoms with van der Waals surface area (Å²) in [6.45, 7) is 3.20. The van der Waals surface area contributed by atoms with Gasteiger partial charge in [-0.3, -0.25) is 4.79 Å². The highest BCUT2D eigenvalue weighted by molar-refractivity contribution is 9.10. The molecule has 3 rings (SSSR count). The molecule has 0 radical (unpaired) electrons. The molecule has 0 aliphatic carbocycles. The number of benzene rings is 2. The molecule has 0 aliphatic rings. The molecule has 0 saturated heterocycles. The van der Waals surface area contributed by atoms with Crippen molar-refractivity contribution in [3.8, 4) is 5.69 Å². The SMILES string of the molecule is CC(C)(C(=O)NCCc1ccc(-n2cccn2)cc1)S(=O)(=O)c1ccc(Br)cc1. The molecule has 0 bridgehead atoms. The number of carbonyl (C=O) groups is 1. The lowest BCUT2D eigenvalue weighted by Gasteiger charge is -2.24. The monoisotopic (exact) mass is 475 g/mol. The van der Waals surface area contributed by atoms with Crippen molar-refractivity contribution in [3.63, 3.8) is 0 Å². The molecule has 3 aromatic rings. The van der Waals surface area contributed by atoms with Gasteiger partial charge in [0.05, 0.1) is 10.6 Å². The third-order valence-electron chi connectivity index (χ3n) is 4.75. The summed E-state index contributed by atoms with van der Waals surface area (Å²) in [7, 11) is -3.82. The molecule has 29 heavy (non-hydrogen) atoms. The molecule has 6 nitrogen and oxygen atoms in total. The highest BCUT2D eigenvalue weighted by Gasteiger charge is 2.42. The number of hydrogen-bond donors (Lipinski definition) is 1.